The Morgan fingerprint density at radius 2 is 1.81 bits per heavy atom. The molecule has 4 aliphatic rings. The molecule has 9 nitrogen and oxygen atoms in total. The summed E-state index contributed by atoms with van der Waals surface area (Å²) in [5, 5.41) is 13.0. The Hall–Kier alpha value is -3.30. The lowest BCUT2D eigenvalue weighted by Crippen LogP contribution is -2.48. The van der Waals surface area contributed by atoms with Gasteiger partial charge < -0.3 is 34.3 Å². The zero-order valence-corrected chi connectivity index (χ0v) is 20.0. The zero-order chi connectivity index (χ0) is 24.6. The number of hydrogen-bond acceptors (Lipinski definition) is 7. The second kappa shape index (κ2) is 9.63. The number of carbonyl (C=O) groups is 2. The van der Waals surface area contributed by atoms with Crippen LogP contribution in [0.3, 0.4) is 0 Å². The lowest BCUT2D eigenvalue weighted by molar-refractivity contribution is -0.149. The van der Waals surface area contributed by atoms with Gasteiger partial charge in [0.2, 0.25) is 12.7 Å². The zero-order valence-electron chi connectivity index (χ0n) is 20.0. The molecule has 2 aromatic rings. The maximum Gasteiger partial charge on any atom is 0.255 e. The molecule has 4 heterocycles. The van der Waals surface area contributed by atoms with Gasteiger partial charge >= 0.3 is 0 Å². The molecule has 2 aromatic carbocycles. The first kappa shape index (κ1) is 23.1. The molecule has 6 rings (SSSR count). The SMILES string of the molecule is O=C(Nc1ccc2c(c1)[C@@H]1C[C@@H](CC(=O)N3CCCCC3)O[C@H](CO)[C@@H]1O2)c1ccc2c(c1)OCO2. The van der Waals surface area contributed by atoms with E-state index < -0.39 is 6.10 Å². The number of anilines is 1. The van der Waals surface area contributed by atoms with Gasteiger partial charge in [0.05, 0.1) is 19.1 Å². The predicted octanol–water partition coefficient (Wildman–Crippen LogP) is 3.06. The summed E-state index contributed by atoms with van der Waals surface area (Å²) in [6, 6.07) is 10.6. The Balaban J connectivity index is 1.17. The van der Waals surface area contributed by atoms with Gasteiger partial charge in [-0.15, -0.1) is 0 Å². The molecule has 0 bridgehead atoms. The van der Waals surface area contributed by atoms with Crippen LogP contribution in [-0.4, -0.2) is 66.6 Å². The summed E-state index contributed by atoms with van der Waals surface area (Å²) < 4.78 is 23.0. The first-order valence-electron chi connectivity index (χ1n) is 12.6. The number of ether oxygens (including phenoxy) is 4. The van der Waals surface area contributed by atoms with E-state index in [0.717, 1.165) is 37.2 Å². The average Bonchev–Trinajstić information content (AvgIpc) is 3.52. The average molecular weight is 495 g/mol. The van der Waals surface area contributed by atoms with E-state index in [9.17, 15) is 14.7 Å². The van der Waals surface area contributed by atoms with E-state index in [1.54, 1.807) is 24.3 Å². The monoisotopic (exact) mass is 494 g/mol. The van der Waals surface area contributed by atoms with Gasteiger partial charge in [-0.1, -0.05) is 0 Å². The van der Waals surface area contributed by atoms with E-state index in [-0.39, 0.29) is 43.3 Å². The van der Waals surface area contributed by atoms with Crippen LogP contribution in [0.25, 0.3) is 0 Å². The number of aliphatic hydroxyl groups is 1. The van der Waals surface area contributed by atoms with Gasteiger partial charge in [-0.05, 0) is 62.1 Å². The summed E-state index contributed by atoms with van der Waals surface area (Å²) in [6.07, 6.45) is 3.05. The summed E-state index contributed by atoms with van der Waals surface area (Å²) in [5.74, 6) is 1.71. The van der Waals surface area contributed by atoms with Crippen molar-refractivity contribution in [2.75, 3.05) is 31.8 Å². The number of hydrogen-bond donors (Lipinski definition) is 2. The number of rotatable bonds is 5. The second-order valence-electron chi connectivity index (χ2n) is 9.82. The van der Waals surface area contributed by atoms with Gasteiger partial charge in [0.1, 0.15) is 18.0 Å². The fourth-order valence-corrected chi connectivity index (χ4v) is 5.68. The molecule has 0 aliphatic carbocycles. The number of nitrogens with one attached hydrogen (secondary N) is 1. The molecule has 9 heteroatoms. The van der Waals surface area contributed by atoms with Crippen LogP contribution >= 0.6 is 0 Å². The maximum atomic E-state index is 12.9. The number of carbonyl (C=O) groups excluding carboxylic acids is 2. The lowest BCUT2D eigenvalue weighted by atomic mass is 9.84. The van der Waals surface area contributed by atoms with Crippen molar-refractivity contribution in [1.29, 1.82) is 0 Å². The molecular formula is C27H30N2O7. The first-order chi connectivity index (χ1) is 17.6. The van der Waals surface area contributed by atoms with Crippen molar-refractivity contribution in [3.8, 4) is 17.2 Å². The molecule has 4 aliphatic heterocycles. The van der Waals surface area contributed by atoms with E-state index in [4.69, 9.17) is 18.9 Å². The number of piperidine rings is 1. The van der Waals surface area contributed by atoms with Gasteiger partial charge in [0, 0.05) is 35.8 Å². The minimum Gasteiger partial charge on any atom is -0.487 e. The number of aliphatic hydroxyl groups excluding tert-OH is 1. The third kappa shape index (κ3) is 4.37. The van der Waals surface area contributed by atoms with Crippen molar-refractivity contribution in [3.05, 3.63) is 47.5 Å². The van der Waals surface area contributed by atoms with Crippen LogP contribution in [0.2, 0.25) is 0 Å². The van der Waals surface area contributed by atoms with Crippen LogP contribution in [-0.2, 0) is 9.53 Å². The molecular weight excluding hydrogens is 464 g/mol. The minimum atomic E-state index is -0.512. The molecule has 0 saturated carbocycles. The first-order valence-corrected chi connectivity index (χ1v) is 12.6. The standard InChI is InChI=1S/C27H30N2O7/c30-14-24-26-20(12-18(35-24)13-25(31)29-8-2-1-3-9-29)19-11-17(5-7-21(19)36-26)28-27(32)16-4-6-22-23(10-16)34-15-33-22/h4-7,10-11,18,20,24,26,30H,1-3,8-9,12-15H2,(H,28,32)/t18-,20-,24+,26+/m0/s1. The van der Waals surface area contributed by atoms with Crippen molar-refractivity contribution in [2.24, 2.45) is 0 Å². The number of nitrogens with zero attached hydrogens (tertiary/aromatic N) is 1. The Morgan fingerprint density at radius 1 is 1.00 bits per heavy atom. The van der Waals surface area contributed by atoms with Crippen LogP contribution in [0.1, 0.15) is 53.9 Å². The second-order valence-corrected chi connectivity index (χ2v) is 9.82. The molecule has 2 saturated heterocycles. The van der Waals surface area contributed by atoms with Crippen molar-refractivity contribution in [3.63, 3.8) is 0 Å². The Bertz CT molecular complexity index is 1160. The van der Waals surface area contributed by atoms with Crippen molar-refractivity contribution >= 4 is 17.5 Å². The summed E-state index contributed by atoms with van der Waals surface area (Å²) in [4.78, 5) is 27.7. The smallest absolute Gasteiger partial charge is 0.255 e. The summed E-state index contributed by atoms with van der Waals surface area (Å²) in [7, 11) is 0. The molecule has 0 spiro atoms. The van der Waals surface area contributed by atoms with Gasteiger partial charge in [-0.25, -0.2) is 0 Å². The molecule has 0 unspecified atom stereocenters. The van der Waals surface area contributed by atoms with E-state index in [1.165, 1.54) is 6.42 Å². The Kier molecular flexibility index (Phi) is 6.18. The van der Waals surface area contributed by atoms with Gasteiger partial charge in [0.15, 0.2) is 11.5 Å². The topological polar surface area (TPSA) is 107 Å². The third-order valence-electron chi connectivity index (χ3n) is 7.50. The highest BCUT2D eigenvalue weighted by atomic mass is 16.7. The largest absolute Gasteiger partial charge is 0.487 e. The highest BCUT2D eigenvalue weighted by Gasteiger charge is 2.46. The Morgan fingerprint density at radius 3 is 2.64 bits per heavy atom. The van der Waals surface area contributed by atoms with Crippen LogP contribution in [0.5, 0.6) is 17.2 Å². The van der Waals surface area contributed by atoms with Gasteiger partial charge in [-0.3, -0.25) is 9.59 Å². The minimum absolute atomic E-state index is 0.0348. The molecule has 190 valence electrons. The van der Waals surface area contributed by atoms with Crippen LogP contribution in [0, 0.1) is 0 Å². The number of amides is 2. The highest BCUT2D eigenvalue weighted by molar-refractivity contribution is 6.04. The van der Waals surface area contributed by atoms with Crippen molar-refractivity contribution in [2.45, 2.75) is 56.3 Å². The Labute approximate surface area is 209 Å². The van der Waals surface area contributed by atoms with E-state index in [2.05, 4.69) is 5.32 Å². The summed E-state index contributed by atoms with van der Waals surface area (Å²) in [6.45, 7) is 1.58. The molecule has 2 fully saturated rings. The molecule has 4 atom stereocenters. The lowest BCUT2D eigenvalue weighted by Gasteiger charge is -2.38. The van der Waals surface area contributed by atoms with Crippen molar-refractivity contribution in [1.82, 2.24) is 4.90 Å². The maximum absolute atomic E-state index is 12.9. The number of likely N-dealkylation sites (tertiary alicyclic amines) is 1. The third-order valence-corrected chi connectivity index (χ3v) is 7.50. The van der Waals surface area contributed by atoms with Gasteiger partial charge in [-0.2, -0.15) is 0 Å². The fourth-order valence-electron chi connectivity index (χ4n) is 5.68. The normalized spacial score (nSPS) is 26.1. The van der Waals surface area contributed by atoms with Gasteiger partial charge in [0.25, 0.3) is 5.91 Å². The summed E-state index contributed by atoms with van der Waals surface area (Å²) in [5.41, 5.74) is 2.07. The summed E-state index contributed by atoms with van der Waals surface area (Å²) >= 11 is 0. The quantitative estimate of drug-likeness (QED) is 0.658. The molecule has 2 N–H and O–H groups in total. The number of fused-ring (bicyclic) bond motifs is 4. The molecule has 36 heavy (non-hydrogen) atoms. The molecule has 2 amide bonds. The van der Waals surface area contributed by atoms with Crippen LogP contribution < -0.4 is 19.5 Å². The highest BCUT2D eigenvalue weighted by Crippen LogP contribution is 2.47. The fraction of sp³-hybridized carbons (Fsp3) is 0.481. The van der Waals surface area contributed by atoms with E-state index >= 15 is 0 Å². The van der Waals surface area contributed by atoms with Crippen LogP contribution in [0.15, 0.2) is 36.4 Å². The van der Waals surface area contributed by atoms with E-state index in [1.807, 2.05) is 17.0 Å². The van der Waals surface area contributed by atoms with Crippen LogP contribution in [0.4, 0.5) is 5.69 Å². The number of benzene rings is 2. The molecule has 0 radical (unpaired) electrons. The van der Waals surface area contributed by atoms with Crippen molar-refractivity contribution < 1.29 is 33.6 Å². The molecule has 0 aromatic heterocycles. The predicted molar refractivity (Wildman–Crippen MR) is 130 cm³/mol. The van der Waals surface area contributed by atoms with E-state index in [0.29, 0.717) is 35.6 Å².